The molecule has 0 spiro atoms. The number of amides is 1. The highest BCUT2D eigenvalue weighted by Crippen LogP contribution is 2.34. The fourth-order valence-electron chi connectivity index (χ4n) is 4.26. The molecule has 2 aliphatic rings. The lowest BCUT2D eigenvalue weighted by molar-refractivity contribution is -0.119. The third kappa shape index (κ3) is 4.32. The van der Waals surface area contributed by atoms with Crippen LogP contribution in [-0.2, 0) is 18.3 Å². The van der Waals surface area contributed by atoms with Crippen LogP contribution in [0.2, 0.25) is 0 Å². The largest absolute Gasteiger partial charge is 0.490 e. The van der Waals surface area contributed by atoms with Gasteiger partial charge in [0.25, 0.3) is 0 Å². The van der Waals surface area contributed by atoms with Gasteiger partial charge in [-0.05, 0) is 48.6 Å². The molecule has 1 amide bonds. The molecular formula is C24H26N4O3S. The van der Waals surface area contributed by atoms with Crippen LogP contribution in [0.5, 0.6) is 11.5 Å². The SMILES string of the molecule is Cn1c(SCC(=O)N[C@H]2CCCc3ccccc32)nnc1-c1ccc2c(c1)OCCCO2. The van der Waals surface area contributed by atoms with Crippen LogP contribution in [0.3, 0.4) is 0 Å². The number of rotatable bonds is 5. The number of nitrogens with zero attached hydrogens (tertiary/aromatic N) is 3. The molecule has 0 bridgehead atoms. The average Bonchev–Trinajstić information content (AvgIpc) is 3.02. The van der Waals surface area contributed by atoms with Gasteiger partial charge >= 0.3 is 0 Å². The lowest BCUT2D eigenvalue weighted by Crippen LogP contribution is -2.32. The molecule has 166 valence electrons. The smallest absolute Gasteiger partial charge is 0.230 e. The van der Waals surface area contributed by atoms with Gasteiger partial charge in [0.2, 0.25) is 5.91 Å². The summed E-state index contributed by atoms with van der Waals surface area (Å²) < 4.78 is 13.4. The van der Waals surface area contributed by atoms with E-state index >= 15 is 0 Å². The first-order valence-electron chi connectivity index (χ1n) is 11.0. The molecule has 1 atom stereocenters. The van der Waals surface area contributed by atoms with Crippen LogP contribution >= 0.6 is 11.8 Å². The lowest BCUT2D eigenvalue weighted by Gasteiger charge is -2.26. The van der Waals surface area contributed by atoms with Crippen molar-refractivity contribution in [2.24, 2.45) is 7.05 Å². The lowest BCUT2D eigenvalue weighted by atomic mass is 9.88. The molecule has 0 unspecified atom stereocenters. The monoisotopic (exact) mass is 450 g/mol. The maximum absolute atomic E-state index is 12.7. The van der Waals surface area contributed by atoms with Crippen LogP contribution in [-0.4, -0.2) is 39.6 Å². The van der Waals surface area contributed by atoms with Crippen LogP contribution in [0, 0.1) is 0 Å². The second-order valence-electron chi connectivity index (χ2n) is 8.08. The first-order chi connectivity index (χ1) is 15.7. The number of benzene rings is 2. The summed E-state index contributed by atoms with van der Waals surface area (Å²) in [5.41, 5.74) is 3.48. The molecule has 3 aromatic rings. The van der Waals surface area contributed by atoms with Gasteiger partial charge in [0.1, 0.15) is 0 Å². The number of thioether (sulfide) groups is 1. The molecule has 1 aromatic heterocycles. The molecule has 1 aliphatic carbocycles. The minimum absolute atomic E-state index is 0.0110. The van der Waals surface area contributed by atoms with Crippen molar-refractivity contribution in [3.8, 4) is 22.9 Å². The van der Waals surface area contributed by atoms with Crippen LogP contribution in [0.25, 0.3) is 11.4 Å². The first-order valence-corrected chi connectivity index (χ1v) is 12.0. The number of aromatic nitrogens is 3. The van der Waals surface area contributed by atoms with Crippen molar-refractivity contribution < 1.29 is 14.3 Å². The standard InChI is InChI=1S/C24H26N4O3S/c1-28-23(17-10-11-20-21(14-17)31-13-5-12-30-20)26-27-24(28)32-15-22(29)25-19-9-4-7-16-6-2-3-8-18(16)19/h2-3,6,8,10-11,14,19H,4-5,7,9,12-13,15H2,1H3,(H,25,29)/t19-/m0/s1. The molecule has 0 saturated carbocycles. The number of carbonyl (C=O) groups excluding carboxylic acids is 1. The van der Waals surface area contributed by atoms with Crippen molar-refractivity contribution in [3.63, 3.8) is 0 Å². The van der Waals surface area contributed by atoms with Crippen molar-refractivity contribution in [2.75, 3.05) is 19.0 Å². The Balaban J connectivity index is 1.24. The summed E-state index contributed by atoms with van der Waals surface area (Å²) in [6.45, 7) is 1.29. The molecule has 1 N–H and O–H groups in total. The zero-order chi connectivity index (χ0) is 21.9. The summed E-state index contributed by atoms with van der Waals surface area (Å²) in [4.78, 5) is 12.7. The molecular weight excluding hydrogens is 424 g/mol. The Morgan fingerprint density at radius 3 is 2.88 bits per heavy atom. The number of aryl methyl sites for hydroxylation is 1. The van der Waals surface area contributed by atoms with Crippen LogP contribution < -0.4 is 14.8 Å². The Labute approximate surface area is 191 Å². The van der Waals surface area contributed by atoms with Gasteiger partial charge in [0.05, 0.1) is 25.0 Å². The molecule has 0 saturated heterocycles. The van der Waals surface area contributed by atoms with E-state index in [4.69, 9.17) is 9.47 Å². The summed E-state index contributed by atoms with van der Waals surface area (Å²) in [6.07, 6.45) is 4.02. The van der Waals surface area contributed by atoms with Gasteiger partial charge in [-0.1, -0.05) is 36.0 Å². The number of hydrogen-bond acceptors (Lipinski definition) is 6. The van der Waals surface area contributed by atoms with Gasteiger partial charge in [-0.15, -0.1) is 10.2 Å². The van der Waals surface area contributed by atoms with E-state index in [1.54, 1.807) is 0 Å². The number of carbonyl (C=O) groups is 1. The molecule has 2 aromatic carbocycles. The predicted octanol–water partition coefficient (Wildman–Crippen LogP) is 3.93. The third-order valence-electron chi connectivity index (χ3n) is 5.88. The average molecular weight is 451 g/mol. The normalized spacial score (nSPS) is 17.3. The van der Waals surface area contributed by atoms with Crippen molar-refractivity contribution in [1.82, 2.24) is 20.1 Å². The summed E-state index contributed by atoms with van der Waals surface area (Å²) in [5, 5.41) is 12.5. The van der Waals surface area contributed by atoms with Gasteiger partial charge in [0.15, 0.2) is 22.5 Å². The Morgan fingerprint density at radius 1 is 1.12 bits per heavy atom. The zero-order valence-electron chi connectivity index (χ0n) is 18.0. The van der Waals surface area contributed by atoms with Crippen LogP contribution in [0.1, 0.15) is 36.4 Å². The van der Waals surface area contributed by atoms with E-state index in [0.29, 0.717) is 24.1 Å². The van der Waals surface area contributed by atoms with Crippen LogP contribution in [0.15, 0.2) is 47.6 Å². The van der Waals surface area contributed by atoms with E-state index in [0.717, 1.165) is 48.6 Å². The van der Waals surface area contributed by atoms with Crippen molar-refractivity contribution in [1.29, 1.82) is 0 Å². The highest BCUT2D eigenvalue weighted by molar-refractivity contribution is 7.99. The molecule has 1 aliphatic heterocycles. The molecule has 0 fully saturated rings. The van der Waals surface area contributed by atoms with E-state index in [1.807, 2.05) is 35.9 Å². The second kappa shape index (κ2) is 9.24. The van der Waals surface area contributed by atoms with E-state index < -0.39 is 0 Å². The summed E-state index contributed by atoms with van der Waals surface area (Å²) in [7, 11) is 1.91. The number of fused-ring (bicyclic) bond motifs is 2. The fourth-order valence-corrected chi connectivity index (χ4v) is 4.99. The number of hydrogen-bond donors (Lipinski definition) is 1. The van der Waals surface area contributed by atoms with E-state index in [1.165, 1.54) is 22.9 Å². The Morgan fingerprint density at radius 2 is 1.97 bits per heavy atom. The van der Waals surface area contributed by atoms with E-state index in [9.17, 15) is 4.79 Å². The van der Waals surface area contributed by atoms with Crippen molar-refractivity contribution >= 4 is 17.7 Å². The van der Waals surface area contributed by atoms with Gasteiger partial charge < -0.3 is 19.4 Å². The maximum Gasteiger partial charge on any atom is 0.230 e. The van der Waals surface area contributed by atoms with Crippen LogP contribution in [0.4, 0.5) is 0 Å². The van der Waals surface area contributed by atoms with E-state index in [-0.39, 0.29) is 11.9 Å². The van der Waals surface area contributed by atoms with E-state index in [2.05, 4.69) is 33.7 Å². The Bertz CT molecular complexity index is 1130. The molecule has 8 heteroatoms. The molecule has 5 rings (SSSR count). The molecule has 7 nitrogen and oxygen atoms in total. The minimum Gasteiger partial charge on any atom is -0.490 e. The topological polar surface area (TPSA) is 78.3 Å². The predicted molar refractivity (Wildman–Crippen MR) is 123 cm³/mol. The molecule has 2 heterocycles. The van der Waals surface area contributed by atoms with Gasteiger partial charge in [-0.3, -0.25) is 4.79 Å². The summed E-state index contributed by atoms with van der Waals surface area (Å²) in [6, 6.07) is 14.3. The zero-order valence-corrected chi connectivity index (χ0v) is 18.9. The highest BCUT2D eigenvalue weighted by Gasteiger charge is 2.22. The minimum atomic E-state index is 0.0110. The summed E-state index contributed by atoms with van der Waals surface area (Å²) in [5.74, 6) is 2.51. The number of nitrogens with one attached hydrogen (secondary N) is 1. The maximum atomic E-state index is 12.7. The molecule has 32 heavy (non-hydrogen) atoms. The summed E-state index contributed by atoms with van der Waals surface area (Å²) >= 11 is 1.39. The molecule has 0 radical (unpaired) electrons. The van der Waals surface area contributed by atoms with Gasteiger partial charge in [0, 0.05) is 19.0 Å². The third-order valence-corrected chi connectivity index (χ3v) is 6.90. The van der Waals surface area contributed by atoms with Crippen molar-refractivity contribution in [2.45, 2.75) is 36.9 Å². The fraction of sp³-hybridized carbons (Fsp3) is 0.375. The van der Waals surface area contributed by atoms with Crippen molar-refractivity contribution in [3.05, 3.63) is 53.6 Å². The number of ether oxygens (including phenoxy) is 2. The first kappa shape index (κ1) is 20.9. The van der Waals surface area contributed by atoms with Gasteiger partial charge in [-0.2, -0.15) is 0 Å². The second-order valence-corrected chi connectivity index (χ2v) is 9.02. The quantitative estimate of drug-likeness (QED) is 0.594. The Kier molecular flexibility index (Phi) is 6.03. The van der Waals surface area contributed by atoms with Gasteiger partial charge in [-0.25, -0.2) is 0 Å². The Hall–Kier alpha value is -3.00. The highest BCUT2D eigenvalue weighted by atomic mass is 32.2.